The largest absolute Gasteiger partial charge is 0.497 e. The van der Waals surface area contributed by atoms with Crippen LogP contribution in [0.15, 0.2) is 86.6 Å². The van der Waals surface area contributed by atoms with Gasteiger partial charge in [-0.2, -0.15) is 0 Å². The number of benzene rings is 3. The predicted octanol–water partition coefficient (Wildman–Crippen LogP) is 5.02. The quantitative estimate of drug-likeness (QED) is 0.249. The van der Waals surface area contributed by atoms with Crippen molar-refractivity contribution in [1.29, 1.82) is 0 Å². The third-order valence-corrected chi connectivity index (χ3v) is 8.41. The van der Waals surface area contributed by atoms with E-state index < -0.39 is 5.97 Å². The number of hydrogen-bond acceptors (Lipinski definition) is 6. The van der Waals surface area contributed by atoms with Crippen molar-refractivity contribution < 1.29 is 14.3 Å². The number of nitrogens with zero attached hydrogens (tertiary/aromatic N) is 2. The molecule has 2 aliphatic rings. The summed E-state index contributed by atoms with van der Waals surface area (Å²) in [6, 6.07) is 21.4. The first-order chi connectivity index (χ1) is 18.4. The van der Waals surface area contributed by atoms with Crippen LogP contribution >= 0.6 is 27.3 Å². The molecule has 0 fully saturated rings. The highest BCUT2D eigenvalue weighted by atomic mass is 79.9. The number of aromatic nitrogens is 1. The van der Waals surface area contributed by atoms with Crippen LogP contribution in [-0.4, -0.2) is 17.6 Å². The zero-order valence-corrected chi connectivity index (χ0v) is 23.1. The van der Waals surface area contributed by atoms with Gasteiger partial charge in [0.15, 0.2) is 4.80 Å². The number of rotatable bonds is 4. The Morgan fingerprint density at radius 2 is 1.89 bits per heavy atom. The molecular weight excluding hydrogens is 564 g/mol. The van der Waals surface area contributed by atoms with Gasteiger partial charge in [-0.3, -0.25) is 14.2 Å². The fourth-order valence-electron chi connectivity index (χ4n) is 5.10. The Bertz CT molecular complexity index is 1800. The molecule has 0 spiro atoms. The first-order valence-corrected chi connectivity index (χ1v) is 13.8. The third kappa shape index (κ3) is 4.33. The second-order valence-corrected chi connectivity index (χ2v) is 11.0. The summed E-state index contributed by atoms with van der Waals surface area (Å²) in [5.74, 6) is 0.810. The maximum absolute atomic E-state index is 13.9. The molecule has 2 heterocycles. The minimum atomic E-state index is -0.393. The van der Waals surface area contributed by atoms with Gasteiger partial charge in [0.1, 0.15) is 11.5 Å². The van der Waals surface area contributed by atoms with Crippen LogP contribution in [0.25, 0.3) is 11.8 Å². The van der Waals surface area contributed by atoms with Crippen LogP contribution in [0.2, 0.25) is 0 Å². The molecule has 6 nitrogen and oxygen atoms in total. The van der Waals surface area contributed by atoms with Gasteiger partial charge in [-0.1, -0.05) is 53.8 Å². The zero-order valence-electron chi connectivity index (χ0n) is 20.7. The van der Waals surface area contributed by atoms with Crippen molar-refractivity contribution >= 4 is 45.0 Å². The zero-order chi connectivity index (χ0) is 26.4. The van der Waals surface area contributed by atoms with Gasteiger partial charge < -0.3 is 9.47 Å². The number of hydrogen-bond donors (Lipinski definition) is 0. The number of aryl methyl sites for hydroxylation is 1. The van der Waals surface area contributed by atoms with Crippen LogP contribution in [0.3, 0.4) is 0 Å². The van der Waals surface area contributed by atoms with Crippen LogP contribution in [0.1, 0.15) is 41.6 Å². The minimum absolute atomic E-state index is 0.0832. The van der Waals surface area contributed by atoms with Crippen LogP contribution in [-0.2, 0) is 11.2 Å². The average Bonchev–Trinajstić information content (AvgIpc) is 3.23. The molecule has 0 N–H and O–H groups in total. The number of thiazole rings is 1. The van der Waals surface area contributed by atoms with E-state index in [9.17, 15) is 9.59 Å². The molecule has 1 atom stereocenters. The fourth-order valence-corrected chi connectivity index (χ4v) is 6.58. The van der Waals surface area contributed by atoms with E-state index in [-0.39, 0.29) is 11.6 Å². The number of allylic oxidation sites excluding steroid dienone is 1. The Labute approximate surface area is 231 Å². The smallest absolute Gasteiger partial charge is 0.308 e. The molecule has 0 saturated carbocycles. The molecule has 8 heteroatoms. The van der Waals surface area contributed by atoms with E-state index in [4.69, 9.17) is 14.5 Å². The maximum Gasteiger partial charge on any atom is 0.308 e. The summed E-state index contributed by atoms with van der Waals surface area (Å²) in [7, 11) is 1.65. The Morgan fingerprint density at radius 1 is 1.11 bits per heavy atom. The summed E-state index contributed by atoms with van der Waals surface area (Å²) in [6.45, 7) is 1.36. The third-order valence-electron chi connectivity index (χ3n) is 6.81. The van der Waals surface area contributed by atoms with Gasteiger partial charge in [-0.05, 0) is 81.4 Å². The summed E-state index contributed by atoms with van der Waals surface area (Å²) in [4.78, 5) is 31.0. The van der Waals surface area contributed by atoms with Gasteiger partial charge in [0.05, 0.1) is 27.9 Å². The molecule has 0 radical (unpaired) electrons. The van der Waals surface area contributed by atoms with Gasteiger partial charge in [-0.15, -0.1) is 0 Å². The molecule has 1 aliphatic heterocycles. The van der Waals surface area contributed by atoms with E-state index in [1.165, 1.54) is 23.8 Å². The number of methoxy groups -OCH3 is 1. The van der Waals surface area contributed by atoms with Crippen LogP contribution in [0.4, 0.5) is 0 Å². The Kier molecular flexibility index (Phi) is 6.37. The first kappa shape index (κ1) is 24.6. The van der Waals surface area contributed by atoms with Gasteiger partial charge in [0.2, 0.25) is 0 Å². The number of ether oxygens (including phenoxy) is 2. The second-order valence-electron chi connectivity index (χ2n) is 9.17. The molecule has 0 saturated heterocycles. The van der Waals surface area contributed by atoms with Crippen LogP contribution in [0, 0.1) is 0 Å². The summed E-state index contributed by atoms with van der Waals surface area (Å²) in [5, 5.41) is 0. The van der Waals surface area contributed by atoms with Crippen LogP contribution in [0.5, 0.6) is 11.5 Å². The number of fused-ring (bicyclic) bond motifs is 3. The molecule has 1 aliphatic carbocycles. The summed E-state index contributed by atoms with van der Waals surface area (Å²) >= 11 is 4.84. The fraction of sp³-hybridized carbons (Fsp3) is 0.167. The lowest BCUT2D eigenvalue weighted by molar-refractivity contribution is -0.131. The second kappa shape index (κ2) is 9.85. The lowest BCUT2D eigenvalue weighted by atomic mass is 9.83. The standard InChI is InChI=1S/C30H23BrN2O4S/c1-17(34)37-25-14-7-18(15-24(25)31)16-26-29(35)33-28(20-8-11-21(36-2)12-9-20)23-13-10-19-5-3-4-6-22(19)27(23)32-30(33)38-26/h3-9,11-12,14-16,28H,10,13H2,1-2H3/b26-16+/t28-/m1/s1. The number of halogens is 1. The van der Waals surface area contributed by atoms with E-state index in [0.29, 0.717) is 19.6 Å². The minimum Gasteiger partial charge on any atom is -0.497 e. The summed E-state index contributed by atoms with van der Waals surface area (Å²) in [6.07, 6.45) is 3.60. The topological polar surface area (TPSA) is 69.9 Å². The SMILES string of the molecule is COc1ccc([C@@H]2C3=C(N=c4s/c(=C/c5ccc(OC(C)=O)c(Br)c5)c(=O)n42)c2ccccc2CC3)cc1. The Hall–Kier alpha value is -3.75. The Morgan fingerprint density at radius 3 is 2.63 bits per heavy atom. The van der Waals surface area contributed by atoms with Crippen molar-refractivity contribution in [2.45, 2.75) is 25.8 Å². The van der Waals surface area contributed by atoms with E-state index in [1.807, 2.05) is 53.1 Å². The lowest BCUT2D eigenvalue weighted by Gasteiger charge is -2.30. The van der Waals surface area contributed by atoms with Crippen LogP contribution < -0.4 is 24.4 Å². The predicted molar refractivity (Wildman–Crippen MR) is 151 cm³/mol. The maximum atomic E-state index is 13.9. The molecule has 0 unspecified atom stereocenters. The van der Waals surface area contributed by atoms with Gasteiger partial charge >= 0.3 is 5.97 Å². The molecule has 1 aromatic heterocycles. The molecule has 0 bridgehead atoms. The van der Waals surface area contributed by atoms with Crippen molar-refractivity contribution in [3.8, 4) is 11.5 Å². The van der Waals surface area contributed by atoms with Crippen molar-refractivity contribution in [2.75, 3.05) is 7.11 Å². The van der Waals surface area contributed by atoms with Gasteiger partial charge in [0.25, 0.3) is 5.56 Å². The Balaban J connectivity index is 1.54. The highest BCUT2D eigenvalue weighted by molar-refractivity contribution is 9.10. The molecule has 3 aromatic carbocycles. The van der Waals surface area contributed by atoms with E-state index in [1.54, 1.807) is 13.2 Å². The van der Waals surface area contributed by atoms with Crippen molar-refractivity contribution in [3.05, 3.63) is 119 Å². The molecular formula is C30H23BrN2O4S. The molecule has 4 aromatic rings. The number of esters is 1. The van der Waals surface area contributed by atoms with Gasteiger partial charge in [0, 0.05) is 12.5 Å². The summed E-state index contributed by atoms with van der Waals surface area (Å²) in [5.41, 5.74) is 6.28. The molecule has 6 rings (SSSR count). The van der Waals surface area contributed by atoms with Crippen molar-refractivity contribution in [1.82, 2.24) is 4.57 Å². The summed E-state index contributed by atoms with van der Waals surface area (Å²) < 4.78 is 13.6. The normalized spacial score (nSPS) is 16.3. The highest BCUT2D eigenvalue weighted by Crippen LogP contribution is 2.41. The van der Waals surface area contributed by atoms with E-state index in [2.05, 4.69) is 34.1 Å². The van der Waals surface area contributed by atoms with E-state index in [0.717, 1.165) is 46.6 Å². The number of carbonyl (C=O) groups excluding carboxylic acids is 1. The molecule has 190 valence electrons. The highest BCUT2D eigenvalue weighted by Gasteiger charge is 2.32. The van der Waals surface area contributed by atoms with E-state index >= 15 is 0 Å². The number of carbonyl (C=O) groups is 1. The van der Waals surface area contributed by atoms with Gasteiger partial charge in [-0.25, -0.2) is 4.99 Å². The molecule has 0 amide bonds. The lowest BCUT2D eigenvalue weighted by Crippen LogP contribution is -2.38. The molecule has 38 heavy (non-hydrogen) atoms. The monoisotopic (exact) mass is 586 g/mol. The van der Waals surface area contributed by atoms with Crippen molar-refractivity contribution in [2.24, 2.45) is 4.99 Å². The van der Waals surface area contributed by atoms with Crippen molar-refractivity contribution in [3.63, 3.8) is 0 Å². The average molecular weight is 587 g/mol. The first-order valence-electron chi connectivity index (χ1n) is 12.2.